The van der Waals surface area contributed by atoms with Gasteiger partial charge in [-0.25, -0.2) is 4.98 Å². The zero-order chi connectivity index (χ0) is 22.9. The number of carbonyl (C=O) groups is 2. The van der Waals surface area contributed by atoms with Crippen LogP contribution < -0.4 is 20.3 Å². The van der Waals surface area contributed by atoms with Gasteiger partial charge in [0.1, 0.15) is 17.6 Å². The fraction of sp³-hybridized carbons (Fsp3) is 0.400. The lowest BCUT2D eigenvalue weighted by atomic mass is 9.99. The summed E-state index contributed by atoms with van der Waals surface area (Å²) in [5.41, 5.74) is 1.79. The molecule has 1 aliphatic rings. The molecule has 1 aromatic heterocycles. The van der Waals surface area contributed by atoms with Gasteiger partial charge in [-0.1, -0.05) is 25.1 Å². The van der Waals surface area contributed by atoms with Crippen LogP contribution in [0.1, 0.15) is 37.8 Å². The SMILES string of the molecule is COc1ccc(/C=C/C(=O)NC(C)C(=O)NCc2ccc(N3CCC(C)CC3)nc2)cc1. The lowest BCUT2D eigenvalue weighted by Crippen LogP contribution is -2.44. The molecule has 1 saturated heterocycles. The standard InChI is InChI=1S/C25H32N4O3/c1-18-12-14-29(15-13-18)23-10-6-21(16-26-23)17-27-25(31)19(2)28-24(30)11-7-20-4-8-22(32-3)9-5-20/h4-11,16,18-19H,12-15,17H2,1-3H3,(H,27,31)(H,28,30)/b11-7+. The van der Waals surface area contributed by atoms with Gasteiger partial charge in [0.2, 0.25) is 11.8 Å². The molecule has 170 valence electrons. The van der Waals surface area contributed by atoms with E-state index >= 15 is 0 Å². The molecule has 3 rings (SSSR count). The van der Waals surface area contributed by atoms with E-state index < -0.39 is 6.04 Å². The lowest BCUT2D eigenvalue weighted by molar-refractivity contribution is -0.126. The fourth-order valence-corrected chi connectivity index (χ4v) is 3.50. The van der Waals surface area contributed by atoms with Crippen molar-refractivity contribution in [3.05, 3.63) is 59.8 Å². The van der Waals surface area contributed by atoms with Gasteiger partial charge in [-0.05, 0) is 61.1 Å². The van der Waals surface area contributed by atoms with E-state index in [0.717, 1.165) is 41.7 Å². The van der Waals surface area contributed by atoms with Crippen LogP contribution in [0.3, 0.4) is 0 Å². The summed E-state index contributed by atoms with van der Waals surface area (Å²) in [7, 11) is 1.60. The molecule has 2 aromatic rings. The highest BCUT2D eigenvalue weighted by Crippen LogP contribution is 2.21. The molecule has 0 spiro atoms. The van der Waals surface area contributed by atoms with E-state index in [2.05, 4.69) is 27.4 Å². The quantitative estimate of drug-likeness (QED) is 0.621. The Morgan fingerprint density at radius 2 is 1.91 bits per heavy atom. The monoisotopic (exact) mass is 436 g/mol. The molecule has 0 aliphatic carbocycles. The summed E-state index contributed by atoms with van der Waals surface area (Å²) in [4.78, 5) is 31.3. The van der Waals surface area contributed by atoms with Crippen molar-refractivity contribution in [3.8, 4) is 5.75 Å². The predicted molar refractivity (Wildman–Crippen MR) is 126 cm³/mol. The van der Waals surface area contributed by atoms with Crippen LogP contribution in [0.15, 0.2) is 48.7 Å². The maximum absolute atomic E-state index is 12.3. The third-order valence-electron chi connectivity index (χ3n) is 5.68. The van der Waals surface area contributed by atoms with Gasteiger partial charge in [-0.15, -0.1) is 0 Å². The average molecular weight is 437 g/mol. The first-order valence-electron chi connectivity index (χ1n) is 11.0. The first kappa shape index (κ1) is 23.3. The highest BCUT2D eigenvalue weighted by Gasteiger charge is 2.17. The molecule has 2 amide bonds. The molecule has 1 atom stereocenters. The molecular weight excluding hydrogens is 404 g/mol. The molecular formula is C25H32N4O3. The van der Waals surface area contributed by atoms with E-state index in [1.165, 1.54) is 18.9 Å². The minimum atomic E-state index is -0.648. The Hall–Kier alpha value is -3.35. The third kappa shape index (κ3) is 6.83. The number of carbonyl (C=O) groups excluding carboxylic acids is 2. The number of pyridine rings is 1. The van der Waals surface area contributed by atoms with Gasteiger partial charge in [-0.2, -0.15) is 0 Å². The molecule has 2 N–H and O–H groups in total. The van der Waals surface area contributed by atoms with Crippen molar-refractivity contribution in [2.75, 3.05) is 25.1 Å². The number of nitrogens with zero attached hydrogens (tertiary/aromatic N) is 2. The van der Waals surface area contributed by atoms with Crippen molar-refractivity contribution >= 4 is 23.7 Å². The molecule has 1 fully saturated rings. The van der Waals surface area contributed by atoms with Gasteiger partial charge in [0.15, 0.2) is 0 Å². The van der Waals surface area contributed by atoms with Crippen LogP contribution in [0, 0.1) is 5.92 Å². The number of rotatable bonds is 8. The van der Waals surface area contributed by atoms with Gasteiger partial charge >= 0.3 is 0 Å². The molecule has 7 nitrogen and oxygen atoms in total. The van der Waals surface area contributed by atoms with Crippen LogP contribution in [0.5, 0.6) is 5.75 Å². The maximum Gasteiger partial charge on any atom is 0.244 e. The second-order valence-corrected chi connectivity index (χ2v) is 8.25. The Morgan fingerprint density at radius 3 is 2.53 bits per heavy atom. The van der Waals surface area contributed by atoms with E-state index in [0.29, 0.717) is 6.54 Å². The van der Waals surface area contributed by atoms with Crippen LogP contribution in [0.25, 0.3) is 6.08 Å². The molecule has 7 heteroatoms. The minimum absolute atomic E-state index is 0.245. The topological polar surface area (TPSA) is 83.6 Å². The summed E-state index contributed by atoms with van der Waals surface area (Å²) in [5, 5.41) is 5.53. The number of aromatic nitrogens is 1. The van der Waals surface area contributed by atoms with Crippen LogP contribution in [0.4, 0.5) is 5.82 Å². The lowest BCUT2D eigenvalue weighted by Gasteiger charge is -2.31. The van der Waals surface area contributed by atoms with E-state index in [1.54, 1.807) is 26.3 Å². The number of anilines is 1. The van der Waals surface area contributed by atoms with E-state index in [1.807, 2.05) is 36.4 Å². The molecule has 1 aromatic carbocycles. The molecule has 1 aliphatic heterocycles. The molecule has 2 heterocycles. The van der Waals surface area contributed by atoms with E-state index in [9.17, 15) is 9.59 Å². The van der Waals surface area contributed by atoms with Crippen molar-refractivity contribution in [1.29, 1.82) is 0 Å². The van der Waals surface area contributed by atoms with E-state index in [-0.39, 0.29) is 11.8 Å². The summed E-state index contributed by atoms with van der Waals surface area (Å²) in [5.74, 6) is 1.94. The second-order valence-electron chi connectivity index (χ2n) is 8.25. The normalized spacial score (nSPS) is 15.4. The Bertz CT molecular complexity index is 917. The van der Waals surface area contributed by atoms with Gasteiger partial charge < -0.3 is 20.3 Å². The zero-order valence-corrected chi connectivity index (χ0v) is 19.0. The van der Waals surface area contributed by atoms with Crippen molar-refractivity contribution in [2.24, 2.45) is 5.92 Å². The third-order valence-corrected chi connectivity index (χ3v) is 5.68. The summed E-state index contributed by atoms with van der Waals surface area (Å²) in [6.07, 6.45) is 7.29. The number of hydrogen-bond acceptors (Lipinski definition) is 5. The Labute approximate surface area is 189 Å². The van der Waals surface area contributed by atoms with Crippen LogP contribution in [-0.2, 0) is 16.1 Å². The minimum Gasteiger partial charge on any atom is -0.497 e. The predicted octanol–water partition coefficient (Wildman–Crippen LogP) is 3.16. The van der Waals surface area contributed by atoms with Gasteiger partial charge in [0, 0.05) is 31.9 Å². The number of piperidine rings is 1. The van der Waals surface area contributed by atoms with Gasteiger partial charge in [0.25, 0.3) is 0 Å². The van der Waals surface area contributed by atoms with Crippen molar-refractivity contribution in [1.82, 2.24) is 15.6 Å². The molecule has 1 unspecified atom stereocenters. The van der Waals surface area contributed by atoms with Crippen molar-refractivity contribution < 1.29 is 14.3 Å². The highest BCUT2D eigenvalue weighted by atomic mass is 16.5. The van der Waals surface area contributed by atoms with Crippen LogP contribution in [-0.4, -0.2) is 43.0 Å². The summed E-state index contributed by atoms with van der Waals surface area (Å²) in [6, 6.07) is 10.7. The molecule has 0 radical (unpaired) electrons. The summed E-state index contributed by atoms with van der Waals surface area (Å²) in [6.45, 7) is 6.39. The fourth-order valence-electron chi connectivity index (χ4n) is 3.50. The largest absolute Gasteiger partial charge is 0.497 e. The Morgan fingerprint density at radius 1 is 1.19 bits per heavy atom. The number of amides is 2. The second kappa shape index (κ2) is 11.3. The number of ether oxygens (including phenoxy) is 1. The van der Waals surface area contributed by atoms with Crippen molar-refractivity contribution in [2.45, 2.75) is 39.3 Å². The highest BCUT2D eigenvalue weighted by molar-refractivity contribution is 5.95. The first-order valence-corrected chi connectivity index (χ1v) is 11.0. The molecule has 0 bridgehead atoms. The molecule has 0 saturated carbocycles. The molecule has 32 heavy (non-hydrogen) atoms. The Kier molecular flexibility index (Phi) is 8.25. The number of nitrogens with one attached hydrogen (secondary N) is 2. The van der Waals surface area contributed by atoms with E-state index in [4.69, 9.17) is 4.74 Å². The van der Waals surface area contributed by atoms with Gasteiger partial charge in [0.05, 0.1) is 7.11 Å². The smallest absolute Gasteiger partial charge is 0.244 e. The average Bonchev–Trinajstić information content (AvgIpc) is 2.82. The Balaban J connectivity index is 1.42. The first-order chi connectivity index (χ1) is 15.4. The van der Waals surface area contributed by atoms with Crippen LogP contribution in [0.2, 0.25) is 0 Å². The summed E-state index contributed by atoms with van der Waals surface area (Å²) < 4.78 is 5.11. The number of methoxy groups -OCH3 is 1. The van der Waals surface area contributed by atoms with Crippen LogP contribution >= 0.6 is 0 Å². The van der Waals surface area contributed by atoms with Crippen molar-refractivity contribution in [3.63, 3.8) is 0 Å². The zero-order valence-electron chi connectivity index (χ0n) is 19.0. The maximum atomic E-state index is 12.3. The number of hydrogen-bond donors (Lipinski definition) is 2. The number of benzene rings is 1. The van der Waals surface area contributed by atoms with Gasteiger partial charge in [-0.3, -0.25) is 9.59 Å². The summed E-state index contributed by atoms with van der Waals surface area (Å²) >= 11 is 0.